The molecule has 25 heavy (non-hydrogen) atoms. The van der Waals surface area contributed by atoms with Crippen molar-refractivity contribution in [1.29, 1.82) is 0 Å². The number of quaternary nitrogens is 2. The molecule has 0 bridgehead atoms. The molecule has 2 heterocycles. The van der Waals surface area contributed by atoms with Gasteiger partial charge in [0.2, 0.25) is 0 Å². The molecule has 1 aliphatic heterocycles. The zero-order valence-corrected chi connectivity index (χ0v) is 16.4. The number of hydrogen-bond acceptors (Lipinski definition) is 2. The summed E-state index contributed by atoms with van der Waals surface area (Å²) in [5, 5.41) is 3.05. The van der Waals surface area contributed by atoms with Crippen LogP contribution in [0.4, 0.5) is 0 Å². The lowest BCUT2D eigenvalue weighted by molar-refractivity contribution is -1.02. The van der Waals surface area contributed by atoms with E-state index < -0.39 is 0 Å². The Hall–Kier alpha value is -1.63. The minimum atomic E-state index is -0.165. The molecule has 0 unspecified atom stereocenters. The van der Waals surface area contributed by atoms with Crippen LogP contribution in [-0.2, 0) is 0 Å². The molecule has 0 aliphatic carbocycles. The van der Waals surface area contributed by atoms with E-state index in [0.717, 1.165) is 26.2 Å². The number of benzene rings is 1. The summed E-state index contributed by atoms with van der Waals surface area (Å²) in [6.07, 6.45) is 0. The molecule has 1 fully saturated rings. The first-order chi connectivity index (χ1) is 12.0. The molecule has 3 N–H and O–H groups in total. The van der Waals surface area contributed by atoms with Crippen LogP contribution in [0.15, 0.2) is 45.5 Å². The second kappa shape index (κ2) is 8.17. The van der Waals surface area contributed by atoms with Gasteiger partial charge in [-0.2, -0.15) is 0 Å². The minimum Gasteiger partial charge on any atom is -0.444 e. The highest BCUT2D eigenvalue weighted by atomic mass is 79.9. The zero-order valence-electron chi connectivity index (χ0n) is 14.8. The Morgan fingerprint density at radius 1 is 1.16 bits per heavy atom. The van der Waals surface area contributed by atoms with Crippen LogP contribution in [0.3, 0.4) is 0 Å². The average Bonchev–Trinajstić information content (AvgIpc) is 3.04. The molecule has 6 heteroatoms. The molecular weight excluding hydrogens is 382 g/mol. The molecule has 1 aromatic heterocycles. The summed E-state index contributed by atoms with van der Waals surface area (Å²) < 4.78 is 5.92. The first-order valence-corrected chi connectivity index (χ1v) is 9.58. The summed E-state index contributed by atoms with van der Waals surface area (Å²) in [6, 6.07) is 12.4. The van der Waals surface area contributed by atoms with Crippen LogP contribution in [0.1, 0.15) is 27.7 Å². The van der Waals surface area contributed by atoms with Crippen molar-refractivity contribution in [3.63, 3.8) is 0 Å². The van der Waals surface area contributed by atoms with Crippen LogP contribution in [0.5, 0.6) is 0 Å². The number of furan rings is 1. The number of carbonyl (C=O) groups is 1. The largest absolute Gasteiger partial charge is 0.444 e. The molecule has 3 rings (SSSR count). The number of amides is 1. The zero-order chi connectivity index (χ0) is 17.8. The lowest BCUT2D eigenvalue weighted by atomic mass is 10.0. The lowest BCUT2D eigenvalue weighted by Gasteiger charge is -2.33. The fourth-order valence-corrected chi connectivity index (χ4v) is 3.67. The summed E-state index contributed by atoms with van der Waals surface area (Å²) in [5.74, 6) is 0.175. The molecule has 1 aromatic carbocycles. The van der Waals surface area contributed by atoms with Crippen molar-refractivity contribution in [1.82, 2.24) is 5.32 Å². The van der Waals surface area contributed by atoms with Gasteiger partial charge in [0, 0.05) is 5.56 Å². The molecule has 5 nitrogen and oxygen atoms in total. The van der Waals surface area contributed by atoms with Crippen molar-refractivity contribution < 1.29 is 19.0 Å². The monoisotopic (exact) mass is 407 g/mol. The van der Waals surface area contributed by atoms with Crippen molar-refractivity contribution in [3.05, 3.63) is 58.0 Å². The van der Waals surface area contributed by atoms with E-state index in [9.17, 15) is 4.79 Å². The number of halogens is 1. The summed E-state index contributed by atoms with van der Waals surface area (Å²) in [7, 11) is 2.24. The third kappa shape index (κ3) is 4.71. The van der Waals surface area contributed by atoms with Gasteiger partial charge < -0.3 is 19.5 Å². The van der Waals surface area contributed by atoms with E-state index in [4.69, 9.17) is 4.42 Å². The van der Waals surface area contributed by atoms with Crippen LogP contribution in [-0.4, -0.2) is 45.7 Å². The Morgan fingerprint density at radius 2 is 1.84 bits per heavy atom. The number of rotatable bonds is 5. The summed E-state index contributed by atoms with van der Waals surface area (Å²) >= 11 is 3.24. The van der Waals surface area contributed by atoms with Crippen LogP contribution < -0.4 is 15.1 Å². The van der Waals surface area contributed by atoms with E-state index in [1.807, 2.05) is 0 Å². The van der Waals surface area contributed by atoms with Gasteiger partial charge in [0.25, 0.3) is 5.91 Å². The number of likely N-dealkylation sites (N-methyl/N-ethyl adjacent to an activating group) is 1. The van der Waals surface area contributed by atoms with Crippen LogP contribution in [0, 0.1) is 6.92 Å². The van der Waals surface area contributed by atoms with E-state index in [2.05, 4.69) is 59.5 Å². The van der Waals surface area contributed by atoms with Gasteiger partial charge in [-0.25, -0.2) is 0 Å². The van der Waals surface area contributed by atoms with E-state index in [-0.39, 0.29) is 11.9 Å². The topological polar surface area (TPSA) is 51.1 Å². The summed E-state index contributed by atoms with van der Waals surface area (Å²) in [6.45, 7) is 7.27. The third-order valence-electron chi connectivity index (χ3n) is 4.98. The van der Waals surface area contributed by atoms with Gasteiger partial charge in [-0.3, -0.25) is 4.79 Å². The molecule has 0 radical (unpaired) electrons. The van der Waals surface area contributed by atoms with Crippen molar-refractivity contribution in [2.45, 2.75) is 13.0 Å². The Labute approximate surface area is 157 Å². The molecular formula is C19H26BrN3O2+2. The number of carbonyl (C=O) groups excluding carboxylic acids is 1. The summed E-state index contributed by atoms with van der Waals surface area (Å²) in [4.78, 5) is 15.5. The fourth-order valence-electron chi connectivity index (χ4n) is 3.36. The van der Waals surface area contributed by atoms with E-state index >= 15 is 0 Å². The lowest BCUT2D eigenvalue weighted by Crippen LogP contribution is -3.27. The predicted octanol–water partition coefficient (Wildman–Crippen LogP) is 0.235. The third-order valence-corrected chi connectivity index (χ3v) is 5.41. The number of aryl methyl sites for hydroxylation is 1. The van der Waals surface area contributed by atoms with Crippen LogP contribution in [0.2, 0.25) is 0 Å². The van der Waals surface area contributed by atoms with Gasteiger partial charge in [-0.15, -0.1) is 0 Å². The van der Waals surface area contributed by atoms with E-state index in [1.54, 1.807) is 17.0 Å². The van der Waals surface area contributed by atoms with Crippen LogP contribution >= 0.6 is 15.9 Å². The highest BCUT2D eigenvalue weighted by molar-refractivity contribution is 9.10. The second-order valence-electron chi connectivity index (χ2n) is 6.89. The van der Waals surface area contributed by atoms with Crippen molar-refractivity contribution >= 4 is 21.8 Å². The SMILES string of the molecule is Cc1ccc([C@@H](CNC(=O)c2ccc(Br)o2)[NH+]2CC[NH+](C)CC2)cc1. The molecule has 0 spiro atoms. The normalized spacial score (nSPS) is 21.7. The Bertz CT molecular complexity index is 706. The standard InChI is InChI=1S/C19H24BrN3O2/c1-14-3-5-15(6-4-14)16(23-11-9-22(2)10-12-23)13-21-19(24)17-7-8-18(20)25-17/h3-8,16H,9-13H2,1-2H3,(H,21,24)/p+2/t16-/m1/s1. The smallest absolute Gasteiger partial charge is 0.287 e. The van der Waals surface area contributed by atoms with E-state index in [0.29, 0.717) is 17.0 Å². The van der Waals surface area contributed by atoms with Crippen LogP contribution in [0.25, 0.3) is 0 Å². The quantitative estimate of drug-likeness (QED) is 0.664. The highest BCUT2D eigenvalue weighted by Crippen LogP contribution is 2.15. The number of piperazine rings is 1. The van der Waals surface area contributed by atoms with Crippen molar-refractivity contribution in [3.8, 4) is 0 Å². The molecule has 1 amide bonds. The maximum absolute atomic E-state index is 12.3. The van der Waals surface area contributed by atoms with Crippen molar-refractivity contribution in [2.24, 2.45) is 0 Å². The van der Waals surface area contributed by atoms with Gasteiger partial charge in [-0.05, 0) is 35.0 Å². The molecule has 0 saturated carbocycles. The summed E-state index contributed by atoms with van der Waals surface area (Å²) in [5.41, 5.74) is 2.53. The molecule has 1 atom stereocenters. The van der Waals surface area contributed by atoms with Gasteiger partial charge >= 0.3 is 0 Å². The Balaban J connectivity index is 1.71. The first-order valence-electron chi connectivity index (χ1n) is 8.79. The van der Waals surface area contributed by atoms with Crippen molar-refractivity contribution in [2.75, 3.05) is 39.8 Å². The van der Waals surface area contributed by atoms with E-state index in [1.165, 1.54) is 16.0 Å². The fraction of sp³-hybridized carbons (Fsp3) is 0.421. The molecule has 1 saturated heterocycles. The van der Waals surface area contributed by atoms with Gasteiger partial charge in [0.05, 0.1) is 13.6 Å². The van der Waals surface area contributed by atoms with Gasteiger partial charge in [-0.1, -0.05) is 29.8 Å². The Kier molecular flexibility index (Phi) is 5.93. The molecule has 134 valence electrons. The van der Waals surface area contributed by atoms with Gasteiger partial charge in [0.1, 0.15) is 32.2 Å². The minimum absolute atomic E-state index is 0.165. The number of nitrogens with one attached hydrogen (secondary N) is 3. The first kappa shape index (κ1) is 18.2. The maximum Gasteiger partial charge on any atom is 0.287 e. The number of hydrogen-bond donors (Lipinski definition) is 3. The second-order valence-corrected chi connectivity index (χ2v) is 7.67. The highest BCUT2D eigenvalue weighted by Gasteiger charge is 2.29. The molecule has 2 aromatic rings. The average molecular weight is 408 g/mol. The molecule has 1 aliphatic rings. The predicted molar refractivity (Wildman–Crippen MR) is 100.0 cm³/mol. The Morgan fingerprint density at radius 3 is 2.44 bits per heavy atom. The maximum atomic E-state index is 12.3. The van der Waals surface area contributed by atoms with Gasteiger partial charge in [0.15, 0.2) is 10.4 Å².